The van der Waals surface area contributed by atoms with Gasteiger partial charge >= 0.3 is 0 Å². The van der Waals surface area contributed by atoms with Crippen LogP contribution in [0, 0.1) is 0 Å². The minimum absolute atomic E-state index is 0.138. The van der Waals surface area contributed by atoms with Crippen LogP contribution in [0.4, 0.5) is 34.6 Å². The van der Waals surface area contributed by atoms with Crippen molar-refractivity contribution >= 4 is 44.5 Å². The molecule has 0 radical (unpaired) electrons. The molecule has 8 aromatic carbocycles. The van der Waals surface area contributed by atoms with E-state index >= 15 is 8.42 Å². The predicted molar refractivity (Wildman–Crippen MR) is 255 cm³/mol. The number of nitrogens with zero attached hydrogens (tertiary/aromatic N) is 8. The molecule has 0 atom stereocenters. The molecule has 0 aliphatic carbocycles. The molecule has 0 amide bonds. The first kappa shape index (κ1) is 39.2. The number of sulfone groups is 1. The van der Waals surface area contributed by atoms with Gasteiger partial charge in [0.25, 0.3) is 0 Å². The van der Waals surface area contributed by atoms with E-state index in [1.165, 1.54) is 0 Å². The van der Waals surface area contributed by atoms with Crippen LogP contribution >= 0.6 is 0 Å². The second-order valence-corrected chi connectivity index (χ2v) is 17.1. The fraction of sp³-hybridized carbons (Fsp3) is 0. The summed E-state index contributed by atoms with van der Waals surface area (Å²) in [4.78, 5) is 34.4. The maximum absolute atomic E-state index is 15.0. The third-order valence-corrected chi connectivity index (χ3v) is 13.0. The Bertz CT molecular complexity index is 3160. The quantitative estimate of drug-likeness (QED) is 0.131. The van der Waals surface area contributed by atoms with Crippen molar-refractivity contribution in [3.63, 3.8) is 0 Å². The summed E-state index contributed by atoms with van der Waals surface area (Å²) in [5.41, 5.74) is 7.17. The van der Waals surface area contributed by atoms with Crippen LogP contribution in [0.1, 0.15) is 0 Å². The van der Waals surface area contributed by atoms with Crippen molar-refractivity contribution in [2.45, 2.75) is 9.79 Å². The molecule has 0 saturated carbocycles. The van der Waals surface area contributed by atoms with Crippen LogP contribution in [0.25, 0.3) is 56.7 Å². The number of fused-ring (bicyclic) bond motifs is 3. The van der Waals surface area contributed by atoms with Gasteiger partial charge in [0, 0.05) is 50.4 Å². The molecule has 10 nitrogen and oxygen atoms in total. The molecule has 10 aromatic rings. The van der Waals surface area contributed by atoms with Crippen molar-refractivity contribution in [1.29, 1.82) is 0 Å². The van der Waals surface area contributed by atoms with E-state index in [-0.39, 0.29) is 21.7 Å². The van der Waals surface area contributed by atoms with E-state index in [9.17, 15) is 0 Å². The van der Waals surface area contributed by atoms with Gasteiger partial charge in [-0.05, 0) is 48.5 Å². The van der Waals surface area contributed by atoms with Crippen molar-refractivity contribution in [3.05, 3.63) is 218 Å². The molecule has 3 heterocycles. The lowest BCUT2D eigenvalue weighted by atomic mass is 10.0. The van der Waals surface area contributed by atoms with Crippen molar-refractivity contribution in [2.75, 3.05) is 9.80 Å². The van der Waals surface area contributed by atoms with E-state index in [2.05, 4.69) is 4.90 Å². The van der Waals surface area contributed by atoms with Crippen LogP contribution in [-0.4, -0.2) is 38.3 Å². The summed E-state index contributed by atoms with van der Waals surface area (Å²) in [6.45, 7) is 0. The van der Waals surface area contributed by atoms with E-state index in [1.54, 1.807) is 17.0 Å². The fourth-order valence-corrected chi connectivity index (χ4v) is 9.75. The number of aromatic nitrogens is 6. The number of hydrogen-bond acceptors (Lipinski definition) is 10. The smallest absolute Gasteiger partial charge is 0.241 e. The van der Waals surface area contributed by atoms with Gasteiger partial charge in [-0.15, -0.1) is 0 Å². The van der Waals surface area contributed by atoms with E-state index in [1.807, 2.05) is 206 Å². The normalized spacial score (nSPS) is 12.2. The summed E-state index contributed by atoms with van der Waals surface area (Å²) in [6, 6.07) is 69.4. The summed E-state index contributed by atoms with van der Waals surface area (Å²) >= 11 is 0. The van der Waals surface area contributed by atoms with Gasteiger partial charge in [-0.3, -0.25) is 0 Å². The van der Waals surface area contributed by atoms with Crippen LogP contribution in [0.15, 0.2) is 228 Å². The highest BCUT2D eigenvalue weighted by atomic mass is 32.2. The number of rotatable bonds is 10. The minimum atomic E-state index is -4.07. The largest absolute Gasteiger partial charge is 0.310 e. The zero-order valence-electron chi connectivity index (χ0n) is 34.6. The average Bonchev–Trinajstić information content (AvgIpc) is 3.60. The molecule has 2 aromatic heterocycles. The van der Waals surface area contributed by atoms with E-state index in [0.29, 0.717) is 45.8 Å². The maximum atomic E-state index is 15.0. The lowest BCUT2D eigenvalue weighted by Gasteiger charge is -2.25. The zero-order valence-corrected chi connectivity index (χ0v) is 35.4. The highest BCUT2D eigenvalue weighted by molar-refractivity contribution is 7.92. The maximum Gasteiger partial charge on any atom is 0.241 e. The van der Waals surface area contributed by atoms with Gasteiger partial charge in [0.15, 0.2) is 23.3 Å². The van der Waals surface area contributed by atoms with Gasteiger partial charge < -0.3 is 4.90 Å². The van der Waals surface area contributed by atoms with E-state index in [0.717, 1.165) is 33.6 Å². The SMILES string of the molecule is O=S1(=O)c2cc(N(c3ccccc3)c3ccccc3)ccc2-c2ccc(N(c3nc(-c4ccccc4)nc(-c4ccccc4)n3)c3nc(-c4ccccc4)nc(-c4ccccc4)n3)cc21. The van der Waals surface area contributed by atoms with Crippen LogP contribution in [0.5, 0.6) is 0 Å². The van der Waals surface area contributed by atoms with Gasteiger partial charge in [0.05, 0.1) is 15.5 Å². The Labute approximate surface area is 375 Å². The number of para-hydroxylation sites is 2. The van der Waals surface area contributed by atoms with E-state index < -0.39 is 9.84 Å². The lowest BCUT2D eigenvalue weighted by molar-refractivity contribution is 0.598. The molecule has 1 aliphatic rings. The van der Waals surface area contributed by atoms with Crippen LogP contribution < -0.4 is 9.80 Å². The second kappa shape index (κ2) is 16.6. The monoisotopic (exact) mass is 860 g/mol. The molecule has 0 fully saturated rings. The summed E-state index contributed by atoms with van der Waals surface area (Å²) in [7, 11) is -4.07. The summed E-state index contributed by atoms with van der Waals surface area (Å²) in [5, 5.41) is 0. The first-order valence-corrected chi connectivity index (χ1v) is 22.4. The Morgan fingerprint density at radius 3 is 0.908 bits per heavy atom. The van der Waals surface area contributed by atoms with Crippen molar-refractivity contribution < 1.29 is 8.42 Å². The minimum Gasteiger partial charge on any atom is -0.310 e. The zero-order chi connectivity index (χ0) is 43.7. The molecular weight excluding hydrogens is 825 g/mol. The molecular formula is C54H36N8O2S. The molecule has 0 saturated heterocycles. The standard InChI is InChI=1S/C54H36N8O2S/c63-65(64)47-35-43(61(41-27-15-5-16-28-41)42-29-17-6-18-30-42)31-33-45(47)46-34-32-44(36-48(46)65)62(53-57-49(37-19-7-1-8-20-37)55-50(58-53)38-21-9-2-10-22-38)54-59-51(39-23-11-3-12-24-39)56-52(60-54)40-25-13-4-14-26-40/h1-36H. The molecule has 0 N–H and O–H groups in total. The molecule has 1 aliphatic heterocycles. The Hall–Kier alpha value is -8.67. The Kier molecular flexibility index (Phi) is 9.98. The highest BCUT2D eigenvalue weighted by Crippen LogP contribution is 2.48. The highest BCUT2D eigenvalue weighted by Gasteiger charge is 2.36. The van der Waals surface area contributed by atoms with Gasteiger partial charge in [-0.2, -0.15) is 19.9 Å². The molecule has 65 heavy (non-hydrogen) atoms. The summed E-state index contributed by atoms with van der Waals surface area (Å²) < 4.78 is 30.0. The van der Waals surface area contributed by atoms with Gasteiger partial charge in [0.2, 0.25) is 21.7 Å². The molecule has 0 bridgehead atoms. The van der Waals surface area contributed by atoms with Crippen molar-refractivity contribution in [1.82, 2.24) is 29.9 Å². The van der Waals surface area contributed by atoms with E-state index in [4.69, 9.17) is 29.9 Å². The van der Waals surface area contributed by atoms with Gasteiger partial charge in [-0.1, -0.05) is 170 Å². The van der Waals surface area contributed by atoms with Gasteiger partial charge in [0.1, 0.15) is 0 Å². The molecule has 0 unspecified atom stereocenters. The third-order valence-electron chi connectivity index (χ3n) is 11.1. The molecule has 310 valence electrons. The summed E-state index contributed by atoms with van der Waals surface area (Å²) in [6.07, 6.45) is 0. The van der Waals surface area contributed by atoms with Gasteiger partial charge in [-0.25, -0.2) is 23.3 Å². The topological polar surface area (TPSA) is 118 Å². The van der Waals surface area contributed by atoms with Crippen molar-refractivity contribution in [2.24, 2.45) is 0 Å². The Morgan fingerprint density at radius 1 is 0.292 bits per heavy atom. The first-order valence-electron chi connectivity index (χ1n) is 21.0. The number of anilines is 6. The van der Waals surface area contributed by atoms with Crippen molar-refractivity contribution in [3.8, 4) is 56.7 Å². The second-order valence-electron chi connectivity index (χ2n) is 15.2. The third kappa shape index (κ3) is 7.45. The molecule has 0 spiro atoms. The van der Waals surface area contributed by atoms with Crippen LogP contribution in [0.3, 0.4) is 0 Å². The Morgan fingerprint density at radius 2 is 0.585 bits per heavy atom. The number of benzene rings is 8. The average molecular weight is 861 g/mol. The van der Waals surface area contributed by atoms with Crippen LogP contribution in [-0.2, 0) is 9.84 Å². The molecule has 11 rings (SSSR count). The summed E-state index contributed by atoms with van der Waals surface area (Å²) in [5.74, 6) is 2.01. The lowest BCUT2D eigenvalue weighted by Crippen LogP contribution is -2.19. The fourth-order valence-electron chi connectivity index (χ4n) is 8.02. The Balaban J connectivity index is 1.12. The number of hydrogen-bond donors (Lipinski definition) is 0. The molecule has 11 heteroatoms. The predicted octanol–water partition coefficient (Wildman–Crippen LogP) is 12.5. The van der Waals surface area contributed by atoms with Crippen LogP contribution in [0.2, 0.25) is 0 Å². The first-order chi connectivity index (χ1) is 32.0.